The molecule has 2 fully saturated rings. The van der Waals surface area contributed by atoms with E-state index in [-0.39, 0.29) is 5.60 Å². The van der Waals surface area contributed by atoms with Crippen LogP contribution in [0.3, 0.4) is 0 Å². The Morgan fingerprint density at radius 2 is 1.82 bits per heavy atom. The van der Waals surface area contributed by atoms with Gasteiger partial charge in [0.2, 0.25) is 0 Å². The van der Waals surface area contributed by atoms with Gasteiger partial charge in [-0.1, -0.05) is 0 Å². The lowest BCUT2D eigenvalue weighted by molar-refractivity contribution is 0.124. The summed E-state index contributed by atoms with van der Waals surface area (Å²) >= 11 is 0. The minimum Gasteiger partial charge on any atom is -0.390 e. The molecule has 0 bridgehead atoms. The summed E-state index contributed by atoms with van der Waals surface area (Å²) in [4.78, 5) is 2.47. The standard InChI is InChI=1S/C9H17NO/c11-9(3-4-9)5-8-10-6-1-2-7-10/h11H,1-8H2. The van der Waals surface area contributed by atoms with Crippen LogP contribution in [0, 0.1) is 0 Å². The zero-order valence-electron chi connectivity index (χ0n) is 7.05. The molecule has 1 saturated heterocycles. The maximum Gasteiger partial charge on any atom is 0.0662 e. The molecule has 1 aliphatic heterocycles. The number of aliphatic hydroxyl groups is 1. The highest BCUT2D eigenvalue weighted by Gasteiger charge is 2.39. The molecule has 2 aliphatic rings. The zero-order chi connectivity index (χ0) is 7.73. The Labute approximate surface area is 68.2 Å². The van der Waals surface area contributed by atoms with Crippen LogP contribution >= 0.6 is 0 Å². The molecular formula is C9H17NO. The Bertz CT molecular complexity index is 136. The van der Waals surface area contributed by atoms with Crippen molar-refractivity contribution in [3.8, 4) is 0 Å². The summed E-state index contributed by atoms with van der Waals surface area (Å²) in [7, 11) is 0. The van der Waals surface area contributed by atoms with E-state index in [9.17, 15) is 5.11 Å². The first kappa shape index (κ1) is 7.56. The second-order valence-electron chi connectivity index (χ2n) is 4.02. The van der Waals surface area contributed by atoms with Gasteiger partial charge in [0.25, 0.3) is 0 Å². The lowest BCUT2D eigenvalue weighted by Gasteiger charge is -2.16. The lowest BCUT2D eigenvalue weighted by atomic mass is 10.2. The Hall–Kier alpha value is -0.0800. The Kier molecular flexibility index (Phi) is 1.90. The third-order valence-corrected chi connectivity index (χ3v) is 2.92. The van der Waals surface area contributed by atoms with Crippen molar-refractivity contribution >= 4 is 0 Å². The fourth-order valence-electron chi connectivity index (χ4n) is 1.77. The van der Waals surface area contributed by atoms with Gasteiger partial charge in [-0.25, -0.2) is 0 Å². The molecule has 0 atom stereocenters. The van der Waals surface area contributed by atoms with Crippen LogP contribution in [0.15, 0.2) is 0 Å². The van der Waals surface area contributed by atoms with Crippen molar-refractivity contribution in [3.63, 3.8) is 0 Å². The normalized spacial score (nSPS) is 29.2. The first-order valence-electron chi connectivity index (χ1n) is 4.73. The molecule has 0 aromatic rings. The van der Waals surface area contributed by atoms with Gasteiger partial charge < -0.3 is 10.0 Å². The van der Waals surface area contributed by atoms with E-state index in [1.807, 2.05) is 0 Å². The summed E-state index contributed by atoms with van der Waals surface area (Å²) in [6.45, 7) is 3.64. The molecule has 1 saturated carbocycles. The maximum atomic E-state index is 9.56. The van der Waals surface area contributed by atoms with Crippen LogP contribution in [0.2, 0.25) is 0 Å². The summed E-state index contributed by atoms with van der Waals surface area (Å²) in [5, 5.41) is 9.56. The summed E-state index contributed by atoms with van der Waals surface area (Å²) in [6.07, 6.45) is 5.81. The van der Waals surface area contributed by atoms with Gasteiger partial charge in [-0.05, 0) is 45.2 Å². The molecule has 1 N–H and O–H groups in total. The highest BCUT2D eigenvalue weighted by atomic mass is 16.3. The molecular weight excluding hydrogens is 138 g/mol. The van der Waals surface area contributed by atoms with Gasteiger partial charge in [-0.15, -0.1) is 0 Å². The van der Waals surface area contributed by atoms with Crippen LogP contribution in [0.25, 0.3) is 0 Å². The highest BCUT2D eigenvalue weighted by Crippen LogP contribution is 2.38. The SMILES string of the molecule is OC1(CCN2CCCC2)CC1. The topological polar surface area (TPSA) is 23.5 Å². The highest BCUT2D eigenvalue weighted by molar-refractivity contribution is 4.93. The van der Waals surface area contributed by atoms with Crippen molar-refractivity contribution < 1.29 is 5.11 Å². The minimum absolute atomic E-state index is 0.234. The third kappa shape index (κ3) is 1.94. The van der Waals surface area contributed by atoms with Gasteiger partial charge in [0.15, 0.2) is 0 Å². The molecule has 1 heterocycles. The van der Waals surface area contributed by atoms with E-state index < -0.39 is 0 Å². The molecule has 0 aromatic carbocycles. The predicted molar refractivity (Wildman–Crippen MR) is 44.5 cm³/mol. The van der Waals surface area contributed by atoms with Crippen molar-refractivity contribution in [1.29, 1.82) is 0 Å². The van der Waals surface area contributed by atoms with E-state index in [1.54, 1.807) is 0 Å². The van der Waals surface area contributed by atoms with E-state index in [1.165, 1.54) is 25.9 Å². The molecule has 1 aliphatic carbocycles. The van der Waals surface area contributed by atoms with Gasteiger partial charge in [-0.3, -0.25) is 0 Å². The van der Waals surface area contributed by atoms with E-state index in [4.69, 9.17) is 0 Å². The number of hydrogen-bond acceptors (Lipinski definition) is 2. The van der Waals surface area contributed by atoms with E-state index in [0.29, 0.717) is 0 Å². The molecule has 0 unspecified atom stereocenters. The summed E-state index contributed by atoms with van der Waals surface area (Å²) in [6, 6.07) is 0. The second-order valence-corrected chi connectivity index (χ2v) is 4.02. The lowest BCUT2D eigenvalue weighted by Crippen LogP contribution is -2.24. The minimum atomic E-state index is -0.234. The number of rotatable bonds is 3. The average molecular weight is 155 g/mol. The van der Waals surface area contributed by atoms with Gasteiger partial charge in [0.05, 0.1) is 5.60 Å². The van der Waals surface area contributed by atoms with Crippen LogP contribution in [0.1, 0.15) is 32.1 Å². The maximum absolute atomic E-state index is 9.56. The number of nitrogens with zero attached hydrogens (tertiary/aromatic N) is 1. The smallest absolute Gasteiger partial charge is 0.0662 e. The molecule has 0 spiro atoms. The van der Waals surface area contributed by atoms with E-state index >= 15 is 0 Å². The van der Waals surface area contributed by atoms with Gasteiger partial charge in [-0.2, -0.15) is 0 Å². The van der Waals surface area contributed by atoms with Gasteiger partial charge in [0.1, 0.15) is 0 Å². The van der Waals surface area contributed by atoms with Crippen LogP contribution < -0.4 is 0 Å². The molecule has 2 nitrogen and oxygen atoms in total. The Morgan fingerprint density at radius 3 is 2.36 bits per heavy atom. The Morgan fingerprint density at radius 1 is 1.18 bits per heavy atom. The molecule has 2 rings (SSSR count). The van der Waals surface area contributed by atoms with Gasteiger partial charge in [0, 0.05) is 6.54 Å². The largest absolute Gasteiger partial charge is 0.390 e. The quantitative estimate of drug-likeness (QED) is 0.657. The first-order valence-corrected chi connectivity index (χ1v) is 4.73. The molecule has 64 valence electrons. The fraction of sp³-hybridized carbons (Fsp3) is 1.00. The van der Waals surface area contributed by atoms with Crippen LogP contribution in [-0.2, 0) is 0 Å². The summed E-state index contributed by atoms with van der Waals surface area (Å²) in [5.41, 5.74) is -0.234. The number of likely N-dealkylation sites (tertiary alicyclic amines) is 1. The summed E-state index contributed by atoms with van der Waals surface area (Å²) in [5.74, 6) is 0. The monoisotopic (exact) mass is 155 g/mol. The van der Waals surface area contributed by atoms with Crippen molar-refractivity contribution in [1.82, 2.24) is 4.90 Å². The molecule has 0 radical (unpaired) electrons. The van der Waals surface area contributed by atoms with Crippen molar-refractivity contribution in [2.24, 2.45) is 0 Å². The number of hydrogen-bond donors (Lipinski definition) is 1. The van der Waals surface area contributed by atoms with Crippen molar-refractivity contribution in [2.45, 2.75) is 37.7 Å². The van der Waals surface area contributed by atoms with E-state index in [2.05, 4.69) is 4.90 Å². The molecule has 11 heavy (non-hydrogen) atoms. The van der Waals surface area contributed by atoms with Crippen molar-refractivity contribution in [2.75, 3.05) is 19.6 Å². The predicted octanol–water partition coefficient (Wildman–Crippen LogP) is 0.997. The molecule has 0 aromatic heterocycles. The third-order valence-electron chi connectivity index (χ3n) is 2.92. The second kappa shape index (κ2) is 2.76. The molecule has 0 amide bonds. The van der Waals surface area contributed by atoms with Crippen LogP contribution in [0.5, 0.6) is 0 Å². The van der Waals surface area contributed by atoms with Crippen LogP contribution in [0.4, 0.5) is 0 Å². The average Bonchev–Trinajstić information content (AvgIpc) is 2.53. The summed E-state index contributed by atoms with van der Waals surface area (Å²) < 4.78 is 0. The van der Waals surface area contributed by atoms with Crippen LogP contribution in [-0.4, -0.2) is 35.2 Å². The van der Waals surface area contributed by atoms with Gasteiger partial charge >= 0.3 is 0 Å². The zero-order valence-corrected chi connectivity index (χ0v) is 7.05. The first-order chi connectivity index (χ1) is 5.29. The molecule has 2 heteroatoms. The van der Waals surface area contributed by atoms with Crippen molar-refractivity contribution in [3.05, 3.63) is 0 Å². The Balaban J connectivity index is 1.65. The fourth-order valence-corrected chi connectivity index (χ4v) is 1.77. The van der Waals surface area contributed by atoms with E-state index in [0.717, 1.165) is 25.8 Å².